The van der Waals surface area contributed by atoms with E-state index in [-0.39, 0.29) is 17.3 Å². The molecule has 0 saturated carbocycles. The molecule has 0 radical (unpaired) electrons. The van der Waals surface area contributed by atoms with Gasteiger partial charge in [-0.3, -0.25) is 15.0 Å². The number of carbonyl (C=O) groups is 2. The van der Waals surface area contributed by atoms with E-state index in [1.165, 1.54) is 23.7 Å². The van der Waals surface area contributed by atoms with Crippen LogP contribution in [0.25, 0.3) is 16.1 Å². The number of nitrogens with one attached hydrogen (secondary N) is 2. The Labute approximate surface area is 275 Å². The molecular weight excluding hydrogens is 624 g/mol. The molecule has 13 heteroatoms. The van der Waals surface area contributed by atoms with E-state index in [1.807, 2.05) is 55.5 Å². The molecule has 2 aromatic carbocycles. The topological polar surface area (TPSA) is 127 Å². The molecule has 46 heavy (non-hydrogen) atoms. The Morgan fingerprint density at radius 1 is 0.978 bits per heavy atom. The molecule has 0 bridgehead atoms. The summed E-state index contributed by atoms with van der Waals surface area (Å²) in [6, 6.07) is 14.6. The van der Waals surface area contributed by atoms with Crippen LogP contribution in [0.5, 0.6) is 11.8 Å². The van der Waals surface area contributed by atoms with Crippen LogP contribution >= 0.6 is 22.9 Å². The number of hydrogen-bond donors (Lipinski definition) is 2. The van der Waals surface area contributed by atoms with Crippen molar-refractivity contribution < 1.29 is 14.3 Å². The number of nitrogens with zero attached hydrogens (tertiary/aromatic N) is 6. The normalized spacial score (nSPS) is 13.5. The van der Waals surface area contributed by atoms with Gasteiger partial charge >= 0.3 is 12.0 Å². The van der Waals surface area contributed by atoms with Gasteiger partial charge in [-0.1, -0.05) is 49.8 Å². The quantitative estimate of drug-likeness (QED) is 0.182. The third kappa shape index (κ3) is 7.03. The fourth-order valence-corrected chi connectivity index (χ4v) is 5.92. The van der Waals surface area contributed by atoms with Crippen LogP contribution in [0.3, 0.4) is 0 Å². The number of amides is 3. The Balaban J connectivity index is 1.08. The zero-order valence-corrected chi connectivity index (χ0v) is 27.4. The van der Waals surface area contributed by atoms with E-state index in [4.69, 9.17) is 21.4 Å². The molecule has 1 fully saturated rings. The standard InChI is InChI=1S/C33H33ClN8O3S/c1-20-8-11-23(15-25(20)34)42-28(16-27(40-42)33(2,3)4)39-30(44)38-22-17-35-31(36-18-22)45-24-12-9-21(10-13-24)26-19-37-32(46-26)41-14-6-5-7-29(41)43/h8-13,15-19H,5-7,14H2,1-4H3,(H2,38,39,44). The molecule has 3 amide bonds. The molecule has 1 aliphatic rings. The minimum atomic E-state index is -0.483. The summed E-state index contributed by atoms with van der Waals surface area (Å²) in [4.78, 5) is 40.9. The van der Waals surface area contributed by atoms with Gasteiger partial charge in [0.15, 0.2) is 5.13 Å². The molecule has 2 N–H and O–H groups in total. The summed E-state index contributed by atoms with van der Waals surface area (Å²) >= 11 is 7.87. The smallest absolute Gasteiger partial charge is 0.324 e. The summed E-state index contributed by atoms with van der Waals surface area (Å²) in [5.41, 5.74) is 3.59. The molecule has 0 aliphatic carbocycles. The van der Waals surface area contributed by atoms with Crippen LogP contribution in [0.15, 0.2) is 67.1 Å². The van der Waals surface area contributed by atoms with Gasteiger partial charge in [-0.2, -0.15) is 5.10 Å². The number of ether oxygens (including phenoxy) is 1. The van der Waals surface area contributed by atoms with Gasteiger partial charge in [-0.15, -0.1) is 0 Å². The van der Waals surface area contributed by atoms with Crippen LogP contribution in [0.1, 0.15) is 51.3 Å². The molecule has 0 unspecified atom stereocenters. The molecule has 0 spiro atoms. The highest BCUT2D eigenvalue weighted by Crippen LogP contribution is 2.34. The lowest BCUT2D eigenvalue weighted by Gasteiger charge is -2.23. The van der Waals surface area contributed by atoms with Crippen LogP contribution in [0, 0.1) is 6.92 Å². The van der Waals surface area contributed by atoms with Crippen molar-refractivity contribution in [3.63, 3.8) is 0 Å². The number of aromatic nitrogens is 5. The summed E-state index contributed by atoms with van der Waals surface area (Å²) in [5, 5.41) is 11.7. The number of hydrogen-bond acceptors (Lipinski definition) is 8. The monoisotopic (exact) mass is 656 g/mol. The number of aryl methyl sites for hydroxylation is 1. The summed E-state index contributed by atoms with van der Waals surface area (Å²) in [6.07, 6.45) is 7.23. The second-order valence-electron chi connectivity index (χ2n) is 12.0. The zero-order chi connectivity index (χ0) is 32.4. The fraction of sp³-hybridized carbons (Fsp3) is 0.273. The van der Waals surface area contributed by atoms with Gasteiger partial charge in [0.2, 0.25) is 5.91 Å². The maximum Gasteiger partial charge on any atom is 0.324 e. The van der Waals surface area contributed by atoms with Crippen molar-refractivity contribution >= 4 is 51.5 Å². The number of halogens is 1. The first-order valence-corrected chi connectivity index (χ1v) is 16.0. The molecule has 1 saturated heterocycles. The van der Waals surface area contributed by atoms with Crippen LogP contribution in [0.4, 0.5) is 21.4 Å². The molecule has 1 aliphatic heterocycles. The third-order valence-corrected chi connectivity index (χ3v) is 8.88. The zero-order valence-electron chi connectivity index (χ0n) is 25.9. The fourth-order valence-electron chi connectivity index (χ4n) is 4.78. The number of anilines is 3. The Morgan fingerprint density at radius 2 is 1.74 bits per heavy atom. The molecule has 5 aromatic rings. The maximum absolute atomic E-state index is 13.0. The Bertz CT molecular complexity index is 1880. The van der Waals surface area contributed by atoms with Crippen LogP contribution in [-0.4, -0.2) is 43.2 Å². The van der Waals surface area contributed by atoms with Gasteiger partial charge in [-0.25, -0.2) is 24.4 Å². The highest BCUT2D eigenvalue weighted by Gasteiger charge is 2.23. The van der Waals surface area contributed by atoms with E-state index in [1.54, 1.807) is 15.8 Å². The Kier molecular flexibility index (Phi) is 8.74. The minimum absolute atomic E-state index is 0.128. The molecule has 3 aromatic heterocycles. The van der Waals surface area contributed by atoms with E-state index in [2.05, 4.69) is 46.4 Å². The lowest BCUT2D eigenvalue weighted by atomic mass is 9.92. The lowest BCUT2D eigenvalue weighted by molar-refractivity contribution is -0.119. The molecule has 236 valence electrons. The first-order valence-electron chi connectivity index (χ1n) is 14.8. The van der Waals surface area contributed by atoms with Crippen LogP contribution in [0.2, 0.25) is 5.02 Å². The Hall–Kier alpha value is -4.81. The van der Waals surface area contributed by atoms with E-state index in [0.29, 0.717) is 35.2 Å². The van der Waals surface area contributed by atoms with Crippen molar-refractivity contribution in [2.75, 3.05) is 22.1 Å². The number of urea groups is 1. The van der Waals surface area contributed by atoms with Crippen molar-refractivity contribution in [2.24, 2.45) is 0 Å². The van der Waals surface area contributed by atoms with Gasteiger partial charge in [0.25, 0.3) is 0 Å². The number of rotatable bonds is 7. The largest absolute Gasteiger partial charge is 0.424 e. The van der Waals surface area contributed by atoms with E-state index >= 15 is 0 Å². The first-order chi connectivity index (χ1) is 22.0. The SMILES string of the molecule is Cc1ccc(-n2nc(C(C)(C)C)cc2NC(=O)Nc2cnc(Oc3ccc(-c4cnc(N5CCCCC5=O)s4)cc3)nc2)cc1Cl. The second-order valence-corrected chi connectivity index (χ2v) is 13.4. The number of benzene rings is 2. The van der Waals surface area contributed by atoms with E-state index < -0.39 is 6.03 Å². The van der Waals surface area contributed by atoms with Crippen molar-refractivity contribution in [1.82, 2.24) is 24.7 Å². The molecule has 11 nitrogen and oxygen atoms in total. The highest BCUT2D eigenvalue weighted by molar-refractivity contribution is 7.19. The minimum Gasteiger partial charge on any atom is -0.424 e. The molecule has 6 rings (SSSR count). The third-order valence-electron chi connectivity index (χ3n) is 7.40. The van der Waals surface area contributed by atoms with Crippen molar-refractivity contribution in [3.05, 3.63) is 83.4 Å². The first kappa shape index (κ1) is 31.2. The predicted octanol–water partition coefficient (Wildman–Crippen LogP) is 8.00. The van der Waals surface area contributed by atoms with Crippen LogP contribution < -0.4 is 20.3 Å². The van der Waals surface area contributed by atoms with Gasteiger partial charge in [0.05, 0.1) is 34.3 Å². The summed E-state index contributed by atoms with van der Waals surface area (Å²) in [7, 11) is 0. The Morgan fingerprint density at radius 3 is 2.43 bits per heavy atom. The number of carbonyl (C=O) groups excluding carboxylic acids is 2. The van der Waals surface area contributed by atoms with Gasteiger partial charge < -0.3 is 10.1 Å². The van der Waals surface area contributed by atoms with Crippen molar-refractivity contribution in [2.45, 2.75) is 52.4 Å². The van der Waals surface area contributed by atoms with E-state index in [9.17, 15) is 9.59 Å². The molecule has 0 atom stereocenters. The maximum atomic E-state index is 13.0. The van der Waals surface area contributed by atoms with Gasteiger partial charge in [-0.05, 0) is 67.3 Å². The molecular formula is C33H33ClN8O3S. The average molecular weight is 657 g/mol. The highest BCUT2D eigenvalue weighted by atomic mass is 35.5. The summed E-state index contributed by atoms with van der Waals surface area (Å²) in [6.45, 7) is 8.80. The predicted molar refractivity (Wildman–Crippen MR) is 181 cm³/mol. The second kappa shape index (κ2) is 12.9. The van der Waals surface area contributed by atoms with Crippen molar-refractivity contribution in [1.29, 1.82) is 0 Å². The average Bonchev–Trinajstić information content (AvgIpc) is 3.68. The van der Waals surface area contributed by atoms with E-state index in [0.717, 1.165) is 45.4 Å². The van der Waals surface area contributed by atoms with Gasteiger partial charge in [0, 0.05) is 35.7 Å². The van der Waals surface area contributed by atoms with Crippen LogP contribution in [-0.2, 0) is 10.2 Å². The molecule has 4 heterocycles. The summed E-state index contributed by atoms with van der Waals surface area (Å²) in [5.74, 6) is 1.17. The number of piperidine rings is 1. The lowest BCUT2D eigenvalue weighted by Crippen LogP contribution is -2.34. The number of thiazole rings is 1. The summed E-state index contributed by atoms with van der Waals surface area (Å²) < 4.78 is 7.48. The van der Waals surface area contributed by atoms with Crippen molar-refractivity contribution in [3.8, 4) is 27.9 Å². The van der Waals surface area contributed by atoms with Gasteiger partial charge in [0.1, 0.15) is 11.6 Å².